The third kappa shape index (κ3) is 5.64. The van der Waals surface area contributed by atoms with E-state index in [1.807, 2.05) is 25.1 Å². The number of carbonyl (C=O) groups is 2. The highest BCUT2D eigenvalue weighted by atomic mass is 32.2. The molecule has 0 spiro atoms. The van der Waals surface area contributed by atoms with Crippen LogP contribution in [-0.4, -0.2) is 49.2 Å². The number of hydrogen-bond donors (Lipinski definition) is 2. The summed E-state index contributed by atoms with van der Waals surface area (Å²) in [7, 11) is 3.18. The molecule has 2 unspecified atom stereocenters. The van der Waals surface area contributed by atoms with E-state index in [4.69, 9.17) is 14.2 Å². The van der Waals surface area contributed by atoms with Gasteiger partial charge in [-0.25, -0.2) is 4.79 Å². The van der Waals surface area contributed by atoms with Crippen molar-refractivity contribution in [1.29, 1.82) is 0 Å². The third-order valence-electron chi connectivity index (χ3n) is 6.82. The summed E-state index contributed by atoms with van der Waals surface area (Å²) in [5, 5.41) is 13.2. The van der Waals surface area contributed by atoms with Crippen molar-refractivity contribution in [2.24, 2.45) is 0 Å². The van der Waals surface area contributed by atoms with E-state index in [2.05, 4.69) is 12.2 Å². The summed E-state index contributed by atoms with van der Waals surface area (Å²) < 4.78 is 16.5. The van der Waals surface area contributed by atoms with Crippen LogP contribution in [-0.2, 0) is 14.3 Å². The minimum Gasteiger partial charge on any atom is -0.508 e. The Kier molecular flexibility index (Phi) is 8.48. The SMILES string of the molecule is CCSCCOC(=O)C1=C(C)NC2=C(C(=O)CC(c3ccc(OC)c(OC)c3)C2)C1c1ccc(O)cc1. The lowest BCUT2D eigenvalue weighted by Gasteiger charge is -2.36. The van der Waals surface area contributed by atoms with Gasteiger partial charge in [-0.05, 0) is 60.4 Å². The number of dihydropyridines is 1. The molecule has 2 aliphatic rings. The molecule has 0 amide bonds. The second kappa shape index (κ2) is 11.8. The predicted octanol–water partition coefficient (Wildman–Crippen LogP) is 5.07. The fourth-order valence-electron chi connectivity index (χ4n) is 5.07. The zero-order valence-corrected chi connectivity index (χ0v) is 22.4. The van der Waals surface area contributed by atoms with E-state index in [1.54, 1.807) is 50.2 Å². The molecular formula is C29H33NO6S. The second-order valence-corrected chi connectivity index (χ2v) is 10.4. The van der Waals surface area contributed by atoms with Crippen LogP contribution < -0.4 is 14.8 Å². The number of rotatable bonds is 9. The molecule has 2 N–H and O–H groups in total. The minimum atomic E-state index is -0.568. The molecule has 2 aromatic carbocycles. The number of methoxy groups -OCH3 is 2. The van der Waals surface area contributed by atoms with Gasteiger partial charge >= 0.3 is 5.97 Å². The summed E-state index contributed by atoms with van der Waals surface area (Å²) in [5.41, 5.74) is 4.25. The number of allylic oxidation sites excluding steroid dienone is 3. The number of nitrogens with one attached hydrogen (secondary N) is 1. The normalized spacial score (nSPS) is 19.3. The molecular weight excluding hydrogens is 490 g/mol. The first-order chi connectivity index (χ1) is 17.9. The Hall–Kier alpha value is -3.39. The molecule has 1 aliphatic heterocycles. The molecule has 196 valence electrons. The first-order valence-electron chi connectivity index (χ1n) is 12.4. The molecule has 0 fully saturated rings. The number of ketones is 1. The number of phenolic OH excluding ortho intramolecular Hbond substituents is 1. The van der Waals surface area contributed by atoms with Crippen LogP contribution in [0.2, 0.25) is 0 Å². The summed E-state index contributed by atoms with van der Waals surface area (Å²) in [5.74, 6) is 1.97. The third-order valence-corrected chi connectivity index (χ3v) is 7.68. The number of ether oxygens (including phenoxy) is 3. The number of thioether (sulfide) groups is 1. The van der Waals surface area contributed by atoms with Crippen LogP contribution in [0.4, 0.5) is 0 Å². The van der Waals surface area contributed by atoms with Crippen LogP contribution in [0.15, 0.2) is 65.0 Å². The standard InChI is InChI=1S/C29H33NO6S/c1-5-37-13-12-36-29(33)26-17(2)30-22-14-20(19-8-11-24(34-3)25(16-19)35-4)15-23(32)28(22)27(26)18-6-9-21(31)10-7-18/h6-11,16,20,27,30-31H,5,12-15H2,1-4H3. The van der Waals surface area contributed by atoms with Crippen molar-refractivity contribution in [2.45, 2.75) is 38.5 Å². The molecule has 4 rings (SSSR count). The van der Waals surface area contributed by atoms with Gasteiger partial charge in [0.2, 0.25) is 0 Å². The number of Topliss-reactive ketones (excluding diaryl/α,β-unsaturated/α-hetero) is 1. The van der Waals surface area contributed by atoms with E-state index >= 15 is 0 Å². The Labute approximate surface area is 221 Å². The summed E-state index contributed by atoms with van der Waals surface area (Å²) >= 11 is 1.70. The maximum atomic E-state index is 13.7. The monoisotopic (exact) mass is 523 g/mol. The van der Waals surface area contributed by atoms with E-state index in [1.165, 1.54) is 0 Å². The molecule has 0 saturated carbocycles. The van der Waals surface area contributed by atoms with E-state index in [-0.39, 0.29) is 17.5 Å². The minimum absolute atomic E-state index is 0.0223. The van der Waals surface area contributed by atoms with E-state index < -0.39 is 11.9 Å². The lowest BCUT2D eigenvalue weighted by atomic mass is 9.71. The molecule has 8 heteroatoms. The zero-order valence-electron chi connectivity index (χ0n) is 21.6. The maximum absolute atomic E-state index is 13.7. The van der Waals surface area contributed by atoms with Gasteiger partial charge in [-0.2, -0.15) is 11.8 Å². The van der Waals surface area contributed by atoms with Gasteiger partial charge in [0.25, 0.3) is 0 Å². The van der Waals surface area contributed by atoms with Crippen molar-refractivity contribution in [2.75, 3.05) is 32.3 Å². The number of aromatic hydroxyl groups is 1. The van der Waals surface area contributed by atoms with Crippen molar-refractivity contribution in [3.8, 4) is 17.2 Å². The Morgan fingerprint density at radius 2 is 1.76 bits per heavy atom. The molecule has 1 heterocycles. The Morgan fingerprint density at radius 3 is 2.43 bits per heavy atom. The lowest BCUT2D eigenvalue weighted by molar-refractivity contribution is -0.138. The number of esters is 1. The first kappa shape index (κ1) is 26.7. The topological polar surface area (TPSA) is 94.1 Å². The smallest absolute Gasteiger partial charge is 0.336 e. The number of carbonyl (C=O) groups excluding carboxylic acids is 2. The summed E-state index contributed by atoms with van der Waals surface area (Å²) in [6.45, 7) is 4.21. The number of phenols is 1. The molecule has 2 aromatic rings. The predicted molar refractivity (Wildman–Crippen MR) is 144 cm³/mol. The highest BCUT2D eigenvalue weighted by Crippen LogP contribution is 2.46. The van der Waals surface area contributed by atoms with Crippen LogP contribution in [0.3, 0.4) is 0 Å². The highest BCUT2D eigenvalue weighted by molar-refractivity contribution is 7.99. The van der Waals surface area contributed by atoms with Gasteiger partial charge in [0.05, 0.1) is 19.8 Å². The maximum Gasteiger partial charge on any atom is 0.336 e. The fourth-order valence-corrected chi connectivity index (χ4v) is 5.56. The van der Waals surface area contributed by atoms with E-state index in [9.17, 15) is 14.7 Å². The van der Waals surface area contributed by atoms with Crippen LogP contribution in [0.25, 0.3) is 0 Å². The van der Waals surface area contributed by atoms with E-state index in [0.29, 0.717) is 53.5 Å². The van der Waals surface area contributed by atoms with Crippen LogP contribution in [0, 0.1) is 0 Å². The molecule has 0 bridgehead atoms. The quantitative estimate of drug-likeness (QED) is 0.348. The largest absolute Gasteiger partial charge is 0.508 e. The fraction of sp³-hybridized carbons (Fsp3) is 0.379. The molecule has 0 aromatic heterocycles. The molecule has 7 nitrogen and oxygen atoms in total. The van der Waals surface area contributed by atoms with Gasteiger partial charge in [-0.1, -0.05) is 25.1 Å². The first-order valence-corrected chi connectivity index (χ1v) is 13.5. The van der Waals surface area contributed by atoms with Gasteiger partial charge in [-0.15, -0.1) is 0 Å². The lowest BCUT2D eigenvalue weighted by Crippen LogP contribution is -2.36. The van der Waals surface area contributed by atoms with Gasteiger partial charge < -0.3 is 24.6 Å². The van der Waals surface area contributed by atoms with Crippen molar-refractivity contribution < 1.29 is 28.9 Å². The van der Waals surface area contributed by atoms with Gasteiger partial charge in [0.15, 0.2) is 17.3 Å². The van der Waals surface area contributed by atoms with Crippen molar-refractivity contribution in [3.05, 3.63) is 76.1 Å². The van der Waals surface area contributed by atoms with Crippen molar-refractivity contribution >= 4 is 23.5 Å². The van der Waals surface area contributed by atoms with Gasteiger partial charge in [0.1, 0.15) is 12.4 Å². The average Bonchev–Trinajstić information content (AvgIpc) is 2.90. The molecule has 0 radical (unpaired) electrons. The summed E-state index contributed by atoms with van der Waals surface area (Å²) in [6.07, 6.45) is 0.914. The number of hydrogen-bond acceptors (Lipinski definition) is 8. The van der Waals surface area contributed by atoms with Crippen LogP contribution in [0.1, 0.15) is 49.7 Å². The molecule has 0 saturated heterocycles. The summed E-state index contributed by atoms with van der Waals surface area (Å²) in [4.78, 5) is 27.0. The van der Waals surface area contributed by atoms with Gasteiger partial charge in [-0.3, -0.25) is 4.79 Å². The summed E-state index contributed by atoms with van der Waals surface area (Å²) in [6, 6.07) is 12.4. The van der Waals surface area contributed by atoms with E-state index in [0.717, 1.165) is 22.6 Å². The van der Waals surface area contributed by atoms with Crippen molar-refractivity contribution in [1.82, 2.24) is 5.32 Å². The molecule has 37 heavy (non-hydrogen) atoms. The molecule has 2 atom stereocenters. The highest BCUT2D eigenvalue weighted by Gasteiger charge is 2.41. The van der Waals surface area contributed by atoms with Gasteiger partial charge in [0, 0.05) is 35.1 Å². The van der Waals surface area contributed by atoms with Crippen molar-refractivity contribution in [3.63, 3.8) is 0 Å². The van der Waals surface area contributed by atoms with Crippen LogP contribution >= 0.6 is 11.8 Å². The Bertz CT molecular complexity index is 1230. The zero-order chi connectivity index (χ0) is 26.5. The Morgan fingerprint density at radius 1 is 1.05 bits per heavy atom. The van der Waals surface area contributed by atoms with Crippen LogP contribution in [0.5, 0.6) is 17.2 Å². The average molecular weight is 524 g/mol. The molecule has 1 aliphatic carbocycles. The second-order valence-electron chi connectivity index (χ2n) is 9.06. The number of benzene rings is 2. The Balaban J connectivity index is 1.70.